The van der Waals surface area contributed by atoms with Crippen molar-refractivity contribution in [3.8, 4) is 0 Å². The van der Waals surface area contributed by atoms with Crippen molar-refractivity contribution in [2.24, 2.45) is 5.11 Å². The van der Waals surface area contributed by atoms with Gasteiger partial charge in [0.25, 0.3) is 0 Å². The molecule has 120 valence electrons. The summed E-state index contributed by atoms with van der Waals surface area (Å²) >= 11 is 0. The molecule has 0 aromatic carbocycles. The van der Waals surface area contributed by atoms with Crippen LogP contribution in [0, 0.1) is 0 Å². The van der Waals surface area contributed by atoms with Gasteiger partial charge in [-0.25, -0.2) is 4.57 Å². The van der Waals surface area contributed by atoms with Crippen molar-refractivity contribution in [3.05, 3.63) is 10.4 Å². The van der Waals surface area contributed by atoms with Crippen molar-refractivity contribution < 1.29 is 38.6 Å². The van der Waals surface area contributed by atoms with Gasteiger partial charge in [0, 0.05) is 11.8 Å². The first kappa shape index (κ1) is 17.8. The molecule has 0 saturated carbocycles. The van der Waals surface area contributed by atoms with Crippen molar-refractivity contribution in [2.75, 3.05) is 6.54 Å². The molecule has 12 nitrogen and oxygen atoms in total. The fraction of sp³-hybridized carbons (Fsp3) is 0.875. The minimum absolute atomic E-state index is 0.400. The van der Waals surface area contributed by atoms with Gasteiger partial charge in [0.2, 0.25) is 5.91 Å². The van der Waals surface area contributed by atoms with E-state index in [4.69, 9.17) is 20.1 Å². The minimum atomic E-state index is -4.99. The van der Waals surface area contributed by atoms with Crippen molar-refractivity contribution in [1.82, 2.24) is 5.32 Å². The molecule has 1 rings (SSSR count). The smallest absolute Gasteiger partial charge is 0.388 e. The molecule has 0 aromatic heterocycles. The predicted molar refractivity (Wildman–Crippen MR) is 65.4 cm³/mol. The molecular weight excluding hydrogens is 311 g/mol. The van der Waals surface area contributed by atoms with Crippen LogP contribution in [0.5, 0.6) is 0 Å². The Hall–Kier alpha value is -1.23. The maximum atomic E-state index is 11.1. The number of hydrogen-bond acceptors (Lipinski definition) is 7. The van der Waals surface area contributed by atoms with Crippen molar-refractivity contribution in [2.45, 2.75) is 37.6 Å². The number of aliphatic hydroxyl groups excluding tert-OH is 2. The minimum Gasteiger partial charge on any atom is -0.388 e. The SMILES string of the molecule is CC(=O)NC1C(O)C(O)C(CN=[N+]=[N-])O[C@@H]1OP(=O)(O)O. The number of hydrogen-bond donors (Lipinski definition) is 5. The second-order valence-corrected chi connectivity index (χ2v) is 5.45. The molecule has 1 saturated heterocycles. The molecule has 0 radical (unpaired) electrons. The zero-order chi connectivity index (χ0) is 16.2. The van der Waals surface area contributed by atoms with E-state index in [-0.39, 0.29) is 0 Å². The quantitative estimate of drug-likeness (QED) is 0.171. The Balaban J connectivity index is 2.97. The van der Waals surface area contributed by atoms with Gasteiger partial charge in [-0.15, -0.1) is 0 Å². The predicted octanol–water partition coefficient (Wildman–Crippen LogP) is -1.64. The molecule has 1 heterocycles. The summed E-state index contributed by atoms with van der Waals surface area (Å²) in [7, 11) is -4.99. The number of azide groups is 1. The Labute approximate surface area is 118 Å². The maximum Gasteiger partial charge on any atom is 0.472 e. The molecule has 21 heavy (non-hydrogen) atoms. The second-order valence-electron chi connectivity index (χ2n) is 4.26. The molecule has 1 amide bonds. The van der Waals surface area contributed by atoms with Gasteiger partial charge in [-0.1, -0.05) is 5.11 Å². The third kappa shape index (κ3) is 5.23. The number of ether oxygens (including phenoxy) is 1. The highest BCUT2D eigenvalue weighted by Gasteiger charge is 2.47. The Morgan fingerprint density at radius 2 is 2.10 bits per heavy atom. The summed E-state index contributed by atoms with van der Waals surface area (Å²) in [5, 5.41) is 25.0. The van der Waals surface area contributed by atoms with E-state index in [1.165, 1.54) is 0 Å². The Bertz CT molecular complexity index is 477. The second kappa shape index (κ2) is 7.16. The topological polar surface area (TPSA) is 194 Å². The fourth-order valence-electron chi connectivity index (χ4n) is 1.81. The molecule has 1 aliphatic heterocycles. The van der Waals surface area contributed by atoms with Crippen LogP contribution in [0.1, 0.15) is 6.92 Å². The van der Waals surface area contributed by atoms with E-state index in [9.17, 15) is 19.6 Å². The summed E-state index contributed by atoms with van der Waals surface area (Å²) in [4.78, 5) is 31.1. The first-order chi connectivity index (χ1) is 9.65. The molecule has 0 bridgehead atoms. The number of aliphatic hydroxyl groups is 2. The monoisotopic (exact) mass is 326 g/mol. The van der Waals surface area contributed by atoms with E-state index in [0.29, 0.717) is 0 Å². The van der Waals surface area contributed by atoms with Gasteiger partial charge in [-0.05, 0) is 5.53 Å². The summed E-state index contributed by atoms with van der Waals surface area (Å²) in [5.74, 6) is -0.636. The third-order valence-electron chi connectivity index (χ3n) is 2.64. The zero-order valence-electron chi connectivity index (χ0n) is 10.8. The van der Waals surface area contributed by atoms with Gasteiger partial charge in [-0.3, -0.25) is 9.32 Å². The van der Waals surface area contributed by atoms with Crippen molar-refractivity contribution in [1.29, 1.82) is 0 Å². The molecule has 5 atom stereocenters. The summed E-state index contributed by atoms with van der Waals surface area (Å²) in [6.45, 7) is 0.697. The van der Waals surface area contributed by atoms with Crippen LogP contribution >= 0.6 is 7.82 Å². The lowest BCUT2D eigenvalue weighted by Gasteiger charge is -2.42. The highest BCUT2D eigenvalue weighted by molar-refractivity contribution is 7.46. The summed E-state index contributed by atoms with van der Waals surface area (Å²) in [6.07, 6.45) is -6.17. The number of rotatable bonds is 5. The van der Waals surface area contributed by atoms with Crippen LogP contribution in [0.25, 0.3) is 10.4 Å². The van der Waals surface area contributed by atoms with E-state index in [1.807, 2.05) is 0 Å². The molecule has 13 heteroatoms. The summed E-state index contributed by atoms with van der Waals surface area (Å²) < 4.78 is 20.3. The lowest BCUT2D eigenvalue weighted by molar-refractivity contribution is -0.238. The molecule has 5 N–H and O–H groups in total. The molecule has 1 fully saturated rings. The molecule has 0 aromatic rings. The van der Waals surface area contributed by atoms with E-state index in [0.717, 1.165) is 6.92 Å². The van der Waals surface area contributed by atoms with Crippen LogP contribution in [-0.4, -0.2) is 63.1 Å². The van der Waals surface area contributed by atoms with Crippen LogP contribution in [0.2, 0.25) is 0 Å². The normalized spacial score (nSPS) is 33.1. The van der Waals surface area contributed by atoms with Gasteiger partial charge < -0.3 is 30.1 Å². The lowest BCUT2D eigenvalue weighted by atomic mass is 9.97. The van der Waals surface area contributed by atoms with Gasteiger partial charge >= 0.3 is 7.82 Å². The average Bonchev–Trinajstić information content (AvgIpc) is 2.34. The van der Waals surface area contributed by atoms with E-state index < -0.39 is 50.9 Å². The number of phosphoric acid groups is 1. The Kier molecular flexibility index (Phi) is 6.08. The Morgan fingerprint density at radius 1 is 1.48 bits per heavy atom. The Morgan fingerprint density at radius 3 is 2.57 bits per heavy atom. The standard InChI is InChI=1S/C8H15N4O8P/c1-3(13)11-5-7(15)6(14)4(2-10-12-9)19-8(5)20-21(16,17)18/h4-8,14-15H,2H2,1H3,(H,11,13)(H2,16,17,18)/t4?,5?,6?,7?,8-/m1/s1. The molecule has 4 unspecified atom stereocenters. The summed E-state index contributed by atoms with van der Waals surface area (Å²) in [6, 6.07) is -1.41. The highest BCUT2D eigenvalue weighted by atomic mass is 31.2. The number of amides is 1. The van der Waals surface area contributed by atoms with E-state index in [1.54, 1.807) is 0 Å². The highest BCUT2D eigenvalue weighted by Crippen LogP contribution is 2.40. The van der Waals surface area contributed by atoms with Crippen LogP contribution < -0.4 is 5.32 Å². The van der Waals surface area contributed by atoms with Crippen LogP contribution in [-0.2, 0) is 18.6 Å². The molecular formula is C8H15N4O8P. The van der Waals surface area contributed by atoms with Gasteiger partial charge in [0.1, 0.15) is 18.2 Å². The van der Waals surface area contributed by atoms with E-state index in [2.05, 4.69) is 19.9 Å². The third-order valence-corrected chi connectivity index (χ3v) is 3.12. The van der Waals surface area contributed by atoms with Crippen molar-refractivity contribution in [3.63, 3.8) is 0 Å². The van der Waals surface area contributed by atoms with Gasteiger partial charge in [0.15, 0.2) is 6.29 Å². The van der Waals surface area contributed by atoms with Gasteiger partial charge in [0.05, 0.1) is 12.6 Å². The molecule has 0 spiro atoms. The average molecular weight is 326 g/mol. The number of carbonyl (C=O) groups excluding carboxylic acids is 1. The first-order valence-electron chi connectivity index (χ1n) is 5.69. The van der Waals surface area contributed by atoms with E-state index >= 15 is 0 Å². The zero-order valence-corrected chi connectivity index (χ0v) is 11.7. The van der Waals surface area contributed by atoms with Crippen LogP contribution in [0.3, 0.4) is 0 Å². The fourth-order valence-corrected chi connectivity index (χ4v) is 2.26. The lowest BCUT2D eigenvalue weighted by Crippen LogP contribution is -2.64. The van der Waals surface area contributed by atoms with Gasteiger partial charge in [-0.2, -0.15) is 0 Å². The molecule has 1 aliphatic rings. The summed E-state index contributed by atoms with van der Waals surface area (Å²) in [5.41, 5.74) is 8.22. The largest absolute Gasteiger partial charge is 0.472 e. The maximum absolute atomic E-state index is 11.1. The number of phosphoric ester groups is 1. The first-order valence-corrected chi connectivity index (χ1v) is 7.22. The van der Waals surface area contributed by atoms with Crippen molar-refractivity contribution >= 4 is 13.7 Å². The number of carbonyl (C=O) groups is 1. The van der Waals surface area contributed by atoms with Crippen LogP contribution in [0.4, 0.5) is 0 Å². The molecule has 0 aliphatic carbocycles. The number of nitrogens with one attached hydrogen (secondary N) is 1. The van der Waals surface area contributed by atoms with Crippen LogP contribution in [0.15, 0.2) is 5.11 Å². The number of nitrogens with zero attached hydrogens (tertiary/aromatic N) is 3.